The van der Waals surface area contributed by atoms with E-state index in [4.69, 9.17) is 0 Å². The number of amides is 1. The highest BCUT2D eigenvalue weighted by Crippen LogP contribution is 2.23. The molecule has 1 amide bonds. The van der Waals surface area contributed by atoms with Gasteiger partial charge in [-0.3, -0.25) is 4.79 Å². The highest BCUT2D eigenvalue weighted by atomic mass is 16.1. The van der Waals surface area contributed by atoms with E-state index in [0.717, 1.165) is 47.1 Å². The van der Waals surface area contributed by atoms with Crippen LogP contribution in [0, 0.1) is 20.8 Å². The van der Waals surface area contributed by atoms with Gasteiger partial charge in [-0.05, 0) is 69.5 Å². The Labute approximate surface area is 177 Å². The third kappa shape index (κ3) is 4.59. The normalized spacial score (nSPS) is 13.4. The molecule has 1 saturated heterocycles. The molecule has 1 aromatic heterocycles. The maximum atomic E-state index is 12.6. The summed E-state index contributed by atoms with van der Waals surface area (Å²) in [6, 6.07) is 15.4. The smallest absolute Gasteiger partial charge is 0.255 e. The number of hydrogen-bond donors (Lipinski definition) is 2. The van der Waals surface area contributed by atoms with E-state index < -0.39 is 0 Å². The summed E-state index contributed by atoms with van der Waals surface area (Å²) in [7, 11) is 0. The lowest BCUT2D eigenvalue weighted by Crippen LogP contribution is -2.19. The van der Waals surface area contributed by atoms with Crippen molar-refractivity contribution in [1.82, 2.24) is 9.97 Å². The van der Waals surface area contributed by atoms with Gasteiger partial charge >= 0.3 is 0 Å². The summed E-state index contributed by atoms with van der Waals surface area (Å²) in [5, 5.41) is 6.23. The zero-order chi connectivity index (χ0) is 21.1. The van der Waals surface area contributed by atoms with E-state index in [1.54, 1.807) is 0 Å². The van der Waals surface area contributed by atoms with Crippen LogP contribution in [-0.2, 0) is 0 Å². The van der Waals surface area contributed by atoms with Crippen LogP contribution in [0.2, 0.25) is 0 Å². The summed E-state index contributed by atoms with van der Waals surface area (Å²) >= 11 is 0. The summed E-state index contributed by atoms with van der Waals surface area (Å²) in [5.74, 6) is 1.45. The van der Waals surface area contributed by atoms with Crippen LogP contribution in [0.15, 0.2) is 48.5 Å². The van der Waals surface area contributed by atoms with Crippen LogP contribution in [0.3, 0.4) is 0 Å². The molecule has 0 bridgehead atoms. The second kappa shape index (κ2) is 8.53. The van der Waals surface area contributed by atoms with E-state index in [1.165, 1.54) is 12.8 Å². The molecular weight excluding hydrogens is 374 g/mol. The second-order valence-corrected chi connectivity index (χ2v) is 7.86. The monoisotopic (exact) mass is 401 g/mol. The third-order valence-electron chi connectivity index (χ3n) is 5.30. The fourth-order valence-corrected chi connectivity index (χ4v) is 3.75. The van der Waals surface area contributed by atoms with Crippen molar-refractivity contribution in [2.45, 2.75) is 33.6 Å². The molecule has 154 valence electrons. The molecule has 2 N–H and O–H groups in total. The van der Waals surface area contributed by atoms with Gasteiger partial charge in [-0.1, -0.05) is 17.7 Å². The van der Waals surface area contributed by atoms with E-state index in [9.17, 15) is 4.79 Å². The minimum absolute atomic E-state index is 0.106. The quantitative estimate of drug-likeness (QED) is 0.630. The minimum Gasteiger partial charge on any atom is -0.356 e. The first kappa shape index (κ1) is 19.9. The Bertz CT molecular complexity index is 1060. The molecule has 0 atom stereocenters. The lowest BCUT2D eigenvalue weighted by atomic mass is 10.1. The summed E-state index contributed by atoms with van der Waals surface area (Å²) in [6.07, 6.45) is 2.42. The van der Waals surface area contributed by atoms with Crippen molar-refractivity contribution in [3.63, 3.8) is 0 Å². The van der Waals surface area contributed by atoms with Crippen molar-refractivity contribution >= 4 is 29.0 Å². The van der Waals surface area contributed by atoms with Gasteiger partial charge in [-0.2, -0.15) is 4.98 Å². The van der Waals surface area contributed by atoms with Gasteiger partial charge in [0, 0.05) is 41.8 Å². The van der Waals surface area contributed by atoms with Gasteiger partial charge in [0.1, 0.15) is 5.82 Å². The molecule has 0 aliphatic carbocycles. The molecule has 0 unspecified atom stereocenters. The molecule has 1 aliphatic heterocycles. The number of carbonyl (C=O) groups is 1. The molecular formula is C24H27N5O. The topological polar surface area (TPSA) is 70.2 Å². The van der Waals surface area contributed by atoms with Crippen molar-refractivity contribution in [2.75, 3.05) is 28.6 Å². The van der Waals surface area contributed by atoms with Crippen LogP contribution < -0.4 is 15.5 Å². The molecule has 3 aromatic rings. The standard InChI is InChI=1S/C24H27N5O/c1-16-6-11-21(17(2)14-16)23(30)26-19-7-9-20(10-8-19)27-24-25-18(3)15-22(28-24)29-12-4-5-13-29/h6-11,14-15H,4-5,12-13H2,1-3H3,(H,26,30)(H,25,27,28). The van der Waals surface area contributed by atoms with Gasteiger partial charge < -0.3 is 15.5 Å². The van der Waals surface area contributed by atoms with Crippen molar-refractivity contribution < 1.29 is 4.79 Å². The molecule has 1 aliphatic rings. The number of nitrogens with zero attached hydrogens (tertiary/aromatic N) is 3. The minimum atomic E-state index is -0.106. The van der Waals surface area contributed by atoms with Gasteiger partial charge in [0.15, 0.2) is 0 Å². The fraction of sp³-hybridized carbons (Fsp3) is 0.292. The molecule has 0 radical (unpaired) electrons. The Balaban J connectivity index is 1.44. The Hall–Kier alpha value is -3.41. The van der Waals surface area contributed by atoms with Crippen LogP contribution >= 0.6 is 0 Å². The van der Waals surface area contributed by atoms with Crippen LogP contribution in [-0.4, -0.2) is 29.0 Å². The number of carbonyl (C=O) groups excluding carboxylic acids is 1. The summed E-state index contributed by atoms with van der Waals surface area (Å²) in [6.45, 7) is 8.05. The van der Waals surface area contributed by atoms with E-state index in [2.05, 4.69) is 25.5 Å². The van der Waals surface area contributed by atoms with Crippen LogP contribution in [0.4, 0.5) is 23.1 Å². The first-order valence-corrected chi connectivity index (χ1v) is 10.3. The van der Waals surface area contributed by atoms with Crippen molar-refractivity contribution in [1.29, 1.82) is 0 Å². The van der Waals surface area contributed by atoms with Gasteiger partial charge in [-0.25, -0.2) is 4.98 Å². The maximum Gasteiger partial charge on any atom is 0.255 e. The first-order chi connectivity index (χ1) is 14.5. The molecule has 0 spiro atoms. The van der Waals surface area contributed by atoms with Gasteiger partial charge in [0.2, 0.25) is 5.95 Å². The zero-order valence-corrected chi connectivity index (χ0v) is 17.7. The zero-order valence-electron chi connectivity index (χ0n) is 17.7. The Morgan fingerprint density at radius 1 is 0.900 bits per heavy atom. The number of hydrogen-bond acceptors (Lipinski definition) is 5. The molecule has 0 saturated carbocycles. The Kier molecular flexibility index (Phi) is 5.65. The van der Waals surface area contributed by atoms with Crippen molar-refractivity contribution in [2.24, 2.45) is 0 Å². The number of aryl methyl sites for hydroxylation is 3. The molecule has 4 rings (SSSR count). The molecule has 2 heterocycles. The van der Waals surface area contributed by atoms with E-state index >= 15 is 0 Å². The Morgan fingerprint density at radius 3 is 2.30 bits per heavy atom. The average Bonchev–Trinajstić information content (AvgIpc) is 3.24. The molecule has 6 nitrogen and oxygen atoms in total. The number of benzene rings is 2. The lowest BCUT2D eigenvalue weighted by Gasteiger charge is -2.17. The maximum absolute atomic E-state index is 12.6. The predicted molar refractivity (Wildman–Crippen MR) is 122 cm³/mol. The van der Waals surface area contributed by atoms with Crippen molar-refractivity contribution in [3.8, 4) is 0 Å². The largest absolute Gasteiger partial charge is 0.356 e. The molecule has 6 heteroatoms. The summed E-state index contributed by atoms with van der Waals surface area (Å²) < 4.78 is 0. The number of aromatic nitrogens is 2. The van der Waals surface area contributed by atoms with E-state index in [1.807, 2.05) is 69.3 Å². The number of nitrogens with one attached hydrogen (secondary N) is 2. The third-order valence-corrected chi connectivity index (χ3v) is 5.30. The highest BCUT2D eigenvalue weighted by molar-refractivity contribution is 6.05. The number of anilines is 4. The van der Waals surface area contributed by atoms with E-state index in [0.29, 0.717) is 11.5 Å². The summed E-state index contributed by atoms with van der Waals surface area (Å²) in [4.78, 5) is 24.1. The second-order valence-electron chi connectivity index (χ2n) is 7.86. The Morgan fingerprint density at radius 2 is 1.60 bits per heavy atom. The average molecular weight is 402 g/mol. The summed E-state index contributed by atoms with van der Waals surface area (Å²) in [5.41, 5.74) is 5.35. The van der Waals surface area contributed by atoms with Crippen LogP contribution in [0.5, 0.6) is 0 Å². The van der Waals surface area contributed by atoms with Gasteiger partial charge in [-0.15, -0.1) is 0 Å². The lowest BCUT2D eigenvalue weighted by molar-refractivity contribution is 0.102. The van der Waals surface area contributed by atoms with Crippen LogP contribution in [0.25, 0.3) is 0 Å². The molecule has 1 fully saturated rings. The molecule has 2 aromatic carbocycles. The van der Waals surface area contributed by atoms with Crippen LogP contribution in [0.1, 0.15) is 40.0 Å². The SMILES string of the molecule is Cc1ccc(C(=O)Nc2ccc(Nc3nc(C)cc(N4CCCC4)n3)cc2)c(C)c1. The predicted octanol–water partition coefficient (Wildman–Crippen LogP) is 5.00. The highest BCUT2D eigenvalue weighted by Gasteiger charge is 2.15. The van der Waals surface area contributed by atoms with Gasteiger partial charge in [0.25, 0.3) is 5.91 Å². The molecule has 30 heavy (non-hydrogen) atoms. The van der Waals surface area contributed by atoms with Crippen molar-refractivity contribution in [3.05, 3.63) is 70.9 Å². The first-order valence-electron chi connectivity index (χ1n) is 10.3. The van der Waals surface area contributed by atoms with Gasteiger partial charge in [0.05, 0.1) is 0 Å². The number of rotatable bonds is 5. The van der Waals surface area contributed by atoms with E-state index in [-0.39, 0.29) is 5.91 Å². The fourth-order valence-electron chi connectivity index (χ4n) is 3.75.